The van der Waals surface area contributed by atoms with Crippen molar-refractivity contribution in [1.29, 1.82) is 0 Å². The maximum absolute atomic E-state index is 5.90. The molecular formula is C20H22ClN3S. The van der Waals surface area contributed by atoms with E-state index in [1.54, 1.807) is 0 Å². The Morgan fingerprint density at radius 2 is 1.64 bits per heavy atom. The van der Waals surface area contributed by atoms with Gasteiger partial charge in [-0.25, -0.2) is 9.97 Å². The predicted molar refractivity (Wildman–Crippen MR) is 108 cm³/mol. The molecule has 2 aromatic carbocycles. The third kappa shape index (κ3) is 5.35. The van der Waals surface area contributed by atoms with Crippen molar-refractivity contribution in [3.63, 3.8) is 0 Å². The van der Waals surface area contributed by atoms with Crippen LogP contribution in [0.15, 0.2) is 53.4 Å². The number of thioether (sulfide) groups is 1. The number of halogens is 1. The van der Waals surface area contributed by atoms with Gasteiger partial charge in [0, 0.05) is 15.3 Å². The van der Waals surface area contributed by atoms with Crippen molar-refractivity contribution < 1.29 is 0 Å². The standard InChI is InChI=1S/C20H22ClN3S/c21-15-10-12-16(13-11-15)25-14-6-2-1-3-8-18-17-7-4-5-9-19(17)24-20(22)23-18/h4-5,7,9-13H,1-3,6,8,14H2,(H2,22,23,24). The van der Waals surface area contributed by atoms with Gasteiger partial charge in [-0.15, -0.1) is 11.8 Å². The number of nitrogens with zero attached hydrogens (tertiary/aromatic N) is 2. The zero-order chi connectivity index (χ0) is 17.5. The molecule has 0 bridgehead atoms. The smallest absolute Gasteiger partial charge is 0.220 e. The maximum Gasteiger partial charge on any atom is 0.220 e. The minimum atomic E-state index is 0.369. The van der Waals surface area contributed by atoms with E-state index in [-0.39, 0.29) is 0 Å². The number of aromatic nitrogens is 2. The normalized spacial score (nSPS) is 11.1. The van der Waals surface area contributed by atoms with Crippen molar-refractivity contribution in [3.8, 4) is 0 Å². The van der Waals surface area contributed by atoms with Crippen molar-refractivity contribution in [2.75, 3.05) is 11.5 Å². The summed E-state index contributed by atoms with van der Waals surface area (Å²) in [5.74, 6) is 1.51. The highest BCUT2D eigenvalue weighted by atomic mass is 35.5. The summed E-state index contributed by atoms with van der Waals surface area (Å²) < 4.78 is 0. The van der Waals surface area contributed by atoms with E-state index < -0.39 is 0 Å². The van der Waals surface area contributed by atoms with Gasteiger partial charge in [0.15, 0.2) is 0 Å². The first-order valence-electron chi connectivity index (χ1n) is 8.62. The number of benzene rings is 2. The number of aryl methyl sites for hydroxylation is 1. The number of nitrogen functional groups attached to an aromatic ring is 1. The Bertz CT molecular complexity index is 821. The second-order valence-electron chi connectivity index (χ2n) is 6.01. The van der Waals surface area contributed by atoms with Crippen LogP contribution in [0, 0.1) is 0 Å². The summed E-state index contributed by atoms with van der Waals surface area (Å²) >= 11 is 7.79. The molecule has 0 aliphatic heterocycles. The van der Waals surface area contributed by atoms with Crippen LogP contribution in [-0.4, -0.2) is 15.7 Å². The fourth-order valence-electron chi connectivity index (χ4n) is 2.82. The van der Waals surface area contributed by atoms with Gasteiger partial charge in [-0.05, 0) is 55.3 Å². The van der Waals surface area contributed by atoms with Gasteiger partial charge in [0.05, 0.1) is 11.2 Å². The molecule has 0 aliphatic rings. The minimum absolute atomic E-state index is 0.369. The molecule has 0 atom stereocenters. The third-order valence-corrected chi connectivity index (χ3v) is 5.44. The topological polar surface area (TPSA) is 51.8 Å². The number of hydrogen-bond donors (Lipinski definition) is 1. The Balaban J connectivity index is 1.39. The van der Waals surface area contributed by atoms with Gasteiger partial charge in [0.25, 0.3) is 0 Å². The number of rotatable bonds is 8. The summed E-state index contributed by atoms with van der Waals surface area (Å²) in [6, 6.07) is 16.1. The van der Waals surface area contributed by atoms with Crippen molar-refractivity contribution in [2.45, 2.75) is 37.0 Å². The molecule has 130 valence electrons. The molecule has 3 nitrogen and oxygen atoms in total. The van der Waals surface area contributed by atoms with Gasteiger partial charge in [0.2, 0.25) is 5.95 Å². The molecular weight excluding hydrogens is 350 g/mol. The average molecular weight is 372 g/mol. The number of nitrogens with two attached hydrogens (primary N) is 1. The Labute approximate surface area is 158 Å². The fraction of sp³-hybridized carbons (Fsp3) is 0.300. The molecule has 0 spiro atoms. The van der Waals surface area contributed by atoms with Crippen molar-refractivity contribution >= 4 is 40.2 Å². The fourth-order valence-corrected chi connectivity index (χ4v) is 3.86. The molecule has 0 amide bonds. The van der Waals surface area contributed by atoms with Crippen LogP contribution in [0.3, 0.4) is 0 Å². The van der Waals surface area contributed by atoms with E-state index >= 15 is 0 Å². The van der Waals surface area contributed by atoms with Crippen molar-refractivity contribution in [1.82, 2.24) is 9.97 Å². The van der Waals surface area contributed by atoms with Crippen LogP contribution in [-0.2, 0) is 6.42 Å². The largest absolute Gasteiger partial charge is 0.368 e. The lowest BCUT2D eigenvalue weighted by atomic mass is 10.1. The van der Waals surface area contributed by atoms with Gasteiger partial charge in [0.1, 0.15) is 0 Å². The number of unbranched alkanes of at least 4 members (excludes halogenated alkanes) is 3. The first-order chi connectivity index (χ1) is 12.2. The van der Waals surface area contributed by atoms with E-state index in [9.17, 15) is 0 Å². The quantitative estimate of drug-likeness (QED) is 0.404. The van der Waals surface area contributed by atoms with E-state index in [1.165, 1.54) is 24.2 Å². The second kappa shape index (κ2) is 9.07. The van der Waals surface area contributed by atoms with Crippen LogP contribution in [0.4, 0.5) is 5.95 Å². The highest BCUT2D eigenvalue weighted by Crippen LogP contribution is 2.22. The van der Waals surface area contributed by atoms with E-state index in [4.69, 9.17) is 17.3 Å². The SMILES string of the molecule is Nc1nc(CCCCCCSc2ccc(Cl)cc2)c2ccccc2n1. The second-order valence-corrected chi connectivity index (χ2v) is 7.62. The van der Waals surface area contributed by atoms with Gasteiger partial charge in [-0.1, -0.05) is 42.6 Å². The van der Waals surface area contributed by atoms with Crippen LogP contribution in [0.25, 0.3) is 10.9 Å². The molecule has 0 saturated heterocycles. The number of anilines is 1. The van der Waals surface area contributed by atoms with Crippen LogP contribution in [0.5, 0.6) is 0 Å². The lowest BCUT2D eigenvalue weighted by molar-refractivity contribution is 0.666. The summed E-state index contributed by atoms with van der Waals surface area (Å²) in [7, 11) is 0. The number of hydrogen-bond acceptors (Lipinski definition) is 4. The molecule has 1 aromatic heterocycles. The molecule has 0 radical (unpaired) electrons. The van der Waals surface area contributed by atoms with E-state index in [0.29, 0.717) is 5.95 Å². The molecule has 1 heterocycles. The summed E-state index contributed by atoms with van der Waals surface area (Å²) in [6.45, 7) is 0. The number of para-hydroxylation sites is 1. The molecule has 2 N–H and O–H groups in total. The molecule has 5 heteroatoms. The lowest BCUT2D eigenvalue weighted by Gasteiger charge is -2.07. The van der Waals surface area contributed by atoms with Crippen LogP contribution in [0.1, 0.15) is 31.4 Å². The van der Waals surface area contributed by atoms with Crippen molar-refractivity contribution in [2.24, 2.45) is 0 Å². The molecule has 0 unspecified atom stereocenters. The molecule has 0 fully saturated rings. The first kappa shape index (κ1) is 18.0. The third-order valence-electron chi connectivity index (χ3n) is 4.09. The van der Waals surface area contributed by atoms with Gasteiger partial charge >= 0.3 is 0 Å². The van der Waals surface area contributed by atoms with Crippen LogP contribution < -0.4 is 5.73 Å². The molecule has 0 saturated carbocycles. The predicted octanol–water partition coefficient (Wildman–Crippen LogP) is 5.76. The summed E-state index contributed by atoms with van der Waals surface area (Å²) in [6.07, 6.45) is 5.75. The van der Waals surface area contributed by atoms with Gasteiger partial charge < -0.3 is 5.73 Å². The minimum Gasteiger partial charge on any atom is -0.368 e. The Kier molecular flexibility index (Phi) is 6.54. The molecule has 3 aromatic rings. The van der Waals surface area contributed by atoms with Gasteiger partial charge in [-0.2, -0.15) is 0 Å². The average Bonchev–Trinajstić information content (AvgIpc) is 2.62. The zero-order valence-corrected chi connectivity index (χ0v) is 15.7. The summed E-state index contributed by atoms with van der Waals surface area (Å²) in [5.41, 5.74) is 7.83. The van der Waals surface area contributed by atoms with E-state index in [1.807, 2.05) is 42.1 Å². The highest BCUT2D eigenvalue weighted by Gasteiger charge is 2.05. The highest BCUT2D eigenvalue weighted by molar-refractivity contribution is 7.99. The Hall–Kier alpha value is -1.78. The molecule has 0 aliphatic carbocycles. The summed E-state index contributed by atoms with van der Waals surface area (Å²) in [5, 5.41) is 1.91. The monoisotopic (exact) mass is 371 g/mol. The zero-order valence-electron chi connectivity index (χ0n) is 14.1. The van der Waals surface area contributed by atoms with E-state index in [0.717, 1.165) is 40.2 Å². The number of fused-ring (bicyclic) bond motifs is 1. The van der Waals surface area contributed by atoms with Crippen LogP contribution >= 0.6 is 23.4 Å². The van der Waals surface area contributed by atoms with Crippen LogP contribution in [0.2, 0.25) is 5.02 Å². The Morgan fingerprint density at radius 1 is 0.880 bits per heavy atom. The van der Waals surface area contributed by atoms with Crippen molar-refractivity contribution in [3.05, 3.63) is 59.2 Å². The Morgan fingerprint density at radius 3 is 2.48 bits per heavy atom. The molecule has 3 rings (SSSR count). The molecule has 25 heavy (non-hydrogen) atoms. The maximum atomic E-state index is 5.90. The first-order valence-corrected chi connectivity index (χ1v) is 9.98. The summed E-state index contributed by atoms with van der Waals surface area (Å²) in [4.78, 5) is 10.0. The van der Waals surface area contributed by atoms with Gasteiger partial charge in [-0.3, -0.25) is 0 Å². The lowest BCUT2D eigenvalue weighted by Crippen LogP contribution is -2.01. The van der Waals surface area contributed by atoms with E-state index in [2.05, 4.69) is 28.2 Å².